The van der Waals surface area contributed by atoms with Crippen LogP contribution in [0.15, 0.2) is 65.8 Å². The monoisotopic (exact) mass is 459 g/mol. The number of benzene rings is 2. The Morgan fingerprint density at radius 2 is 1.76 bits per heavy atom. The first-order valence-electron chi connectivity index (χ1n) is 11.1. The molecule has 2 atom stereocenters. The van der Waals surface area contributed by atoms with Crippen LogP contribution in [-0.2, 0) is 14.3 Å². The van der Waals surface area contributed by atoms with E-state index >= 15 is 0 Å². The number of fused-ring (bicyclic) bond motifs is 3. The van der Waals surface area contributed by atoms with Gasteiger partial charge >= 0.3 is 12.0 Å². The first-order chi connectivity index (χ1) is 16.4. The first-order valence-corrected chi connectivity index (χ1v) is 11.1. The molecule has 0 saturated carbocycles. The fraction of sp³-hybridized carbons (Fsp3) is 0.280. The van der Waals surface area contributed by atoms with E-state index in [1.54, 1.807) is 14.0 Å². The number of imide groups is 1. The van der Waals surface area contributed by atoms with Crippen LogP contribution in [-0.4, -0.2) is 71.0 Å². The number of rotatable bonds is 5. The maximum atomic E-state index is 13.5. The van der Waals surface area contributed by atoms with Crippen molar-refractivity contribution in [1.82, 2.24) is 14.7 Å². The maximum Gasteiger partial charge on any atom is 0.328 e. The molecule has 5 rings (SSSR count). The third-order valence-electron chi connectivity index (χ3n) is 6.23. The van der Waals surface area contributed by atoms with Gasteiger partial charge in [0.05, 0.1) is 18.0 Å². The van der Waals surface area contributed by atoms with Crippen molar-refractivity contribution in [2.24, 2.45) is 4.99 Å². The number of ether oxygens (including phenoxy) is 1. The van der Waals surface area contributed by atoms with Crippen molar-refractivity contribution in [2.45, 2.75) is 26.1 Å². The van der Waals surface area contributed by atoms with Crippen molar-refractivity contribution in [3.8, 4) is 0 Å². The van der Waals surface area contributed by atoms with Gasteiger partial charge in [0.2, 0.25) is 5.96 Å². The average molecular weight is 460 g/mol. The quantitative estimate of drug-likeness (QED) is 0.639. The lowest BCUT2D eigenvalue weighted by molar-refractivity contribution is -0.150. The number of carbonyl (C=O) groups is 3. The highest BCUT2D eigenvalue weighted by atomic mass is 16.5. The number of hydrogen-bond donors (Lipinski definition) is 0. The highest BCUT2D eigenvalue weighted by molar-refractivity contribution is 6.16. The summed E-state index contributed by atoms with van der Waals surface area (Å²) in [6.07, 6.45) is 1.20. The first kappa shape index (κ1) is 21.7. The number of esters is 1. The van der Waals surface area contributed by atoms with Gasteiger partial charge in [0.25, 0.3) is 5.91 Å². The number of urea groups is 1. The lowest BCUT2D eigenvalue weighted by Crippen LogP contribution is -2.65. The summed E-state index contributed by atoms with van der Waals surface area (Å²) in [5.74, 6) is -0.539. The summed E-state index contributed by atoms with van der Waals surface area (Å²) in [7, 11) is 1.59. The fourth-order valence-corrected chi connectivity index (χ4v) is 4.58. The second-order valence-electron chi connectivity index (χ2n) is 8.32. The van der Waals surface area contributed by atoms with Crippen LogP contribution in [0.5, 0.6) is 0 Å². The highest BCUT2D eigenvalue weighted by Gasteiger charge is 2.55. The molecular weight excluding hydrogens is 434 g/mol. The van der Waals surface area contributed by atoms with Crippen LogP contribution in [0.2, 0.25) is 0 Å². The number of aryl methyl sites for hydroxylation is 1. The molecule has 2 unspecified atom stereocenters. The molecule has 2 aromatic rings. The van der Waals surface area contributed by atoms with Crippen molar-refractivity contribution in [3.63, 3.8) is 0 Å². The number of para-hydroxylation sites is 1. The molecule has 0 N–H and O–H groups in total. The summed E-state index contributed by atoms with van der Waals surface area (Å²) in [5, 5.41) is 0. The number of likely N-dealkylation sites (N-methyl/N-ethyl adjacent to an activating group) is 1. The number of nitrogens with zero attached hydrogens (tertiary/aromatic N) is 5. The van der Waals surface area contributed by atoms with Gasteiger partial charge in [-0.25, -0.2) is 9.79 Å². The summed E-state index contributed by atoms with van der Waals surface area (Å²) in [6, 6.07) is 16.5. The van der Waals surface area contributed by atoms with Crippen LogP contribution < -0.4 is 4.90 Å². The molecule has 1 fully saturated rings. The fourth-order valence-electron chi connectivity index (χ4n) is 4.58. The zero-order chi connectivity index (χ0) is 24.0. The van der Waals surface area contributed by atoms with E-state index in [0.717, 1.165) is 27.4 Å². The Morgan fingerprint density at radius 3 is 2.47 bits per heavy atom. The van der Waals surface area contributed by atoms with E-state index in [-0.39, 0.29) is 6.61 Å². The Kier molecular flexibility index (Phi) is 5.31. The third-order valence-corrected chi connectivity index (χ3v) is 6.23. The molecule has 3 aliphatic rings. The molecule has 0 radical (unpaired) electrons. The Bertz CT molecular complexity index is 1220. The van der Waals surface area contributed by atoms with Gasteiger partial charge in [0.15, 0.2) is 12.2 Å². The number of aliphatic imine (C=N–C) groups is 1. The summed E-state index contributed by atoms with van der Waals surface area (Å²) < 4.78 is 4.97. The molecule has 3 amide bonds. The van der Waals surface area contributed by atoms with Crippen molar-refractivity contribution in [3.05, 3.63) is 71.9 Å². The predicted octanol–water partition coefficient (Wildman–Crippen LogP) is 2.64. The molecule has 3 heterocycles. The average Bonchev–Trinajstić information content (AvgIpc) is 3.38. The van der Waals surface area contributed by atoms with E-state index in [4.69, 9.17) is 9.73 Å². The topological polar surface area (TPSA) is 85.8 Å². The molecule has 2 aromatic carbocycles. The lowest BCUT2D eigenvalue weighted by atomic mass is 10.1. The summed E-state index contributed by atoms with van der Waals surface area (Å²) in [4.78, 5) is 49.6. The summed E-state index contributed by atoms with van der Waals surface area (Å²) in [6.45, 7) is 3.44. The highest BCUT2D eigenvalue weighted by Crippen LogP contribution is 2.40. The minimum Gasteiger partial charge on any atom is -0.465 e. The Labute approximate surface area is 197 Å². The van der Waals surface area contributed by atoms with Gasteiger partial charge in [-0.05, 0) is 25.5 Å². The molecule has 1 saturated heterocycles. The maximum absolute atomic E-state index is 13.5. The number of carbonyl (C=O) groups excluding carboxylic acids is 3. The Morgan fingerprint density at radius 1 is 1.06 bits per heavy atom. The van der Waals surface area contributed by atoms with E-state index in [2.05, 4.69) is 0 Å². The smallest absolute Gasteiger partial charge is 0.328 e. The normalized spacial score (nSPS) is 21.4. The van der Waals surface area contributed by atoms with Crippen LogP contribution in [0.1, 0.15) is 18.1 Å². The molecule has 0 aliphatic carbocycles. The standard InChI is InChI=1S/C25H25N5O4/c1-4-34-20(31)15-29-23(32)21-22(27(3)25(29)33)26-24-28(21)14-19(17-11-6-5-7-12-17)30(24)18-13-9-8-10-16(18)2/h5-14,21-22H,4,15H2,1-3H3. The van der Waals surface area contributed by atoms with Gasteiger partial charge in [-0.1, -0.05) is 48.5 Å². The van der Waals surface area contributed by atoms with E-state index in [1.165, 1.54) is 4.90 Å². The Hall–Kier alpha value is -4.14. The van der Waals surface area contributed by atoms with E-state index in [1.807, 2.05) is 77.5 Å². The van der Waals surface area contributed by atoms with Gasteiger partial charge in [-0.3, -0.25) is 24.3 Å². The van der Waals surface area contributed by atoms with Crippen LogP contribution in [0, 0.1) is 6.92 Å². The van der Waals surface area contributed by atoms with E-state index in [9.17, 15) is 14.4 Å². The van der Waals surface area contributed by atoms with Crippen molar-refractivity contribution < 1.29 is 19.1 Å². The molecule has 174 valence electrons. The third kappa shape index (κ3) is 3.32. The molecule has 34 heavy (non-hydrogen) atoms. The number of anilines is 1. The number of amides is 3. The van der Waals surface area contributed by atoms with Crippen molar-refractivity contribution >= 4 is 35.3 Å². The molecular formula is C25H25N5O4. The van der Waals surface area contributed by atoms with Gasteiger partial charge in [0, 0.05) is 18.8 Å². The van der Waals surface area contributed by atoms with E-state index in [0.29, 0.717) is 5.96 Å². The second kappa shape index (κ2) is 8.33. The largest absolute Gasteiger partial charge is 0.465 e. The van der Waals surface area contributed by atoms with Crippen LogP contribution in [0.4, 0.5) is 10.5 Å². The van der Waals surface area contributed by atoms with Crippen LogP contribution >= 0.6 is 0 Å². The number of guanidine groups is 1. The lowest BCUT2D eigenvalue weighted by Gasteiger charge is -2.39. The number of hydrogen-bond acceptors (Lipinski definition) is 7. The summed E-state index contributed by atoms with van der Waals surface area (Å²) >= 11 is 0. The van der Waals surface area contributed by atoms with Crippen LogP contribution in [0.3, 0.4) is 0 Å². The molecule has 0 spiro atoms. The Balaban J connectivity index is 1.58. The predicted molar refractivity (Wildman–Crippen MR) is 126 cm³/mol. The van der Waals surface area contributed by atoms with Crippen molar-refractivity contribution in [1.29, 1.82) is 0 Å². The SMILES string of the molecule is CCOC(=O)CN1C(=O)C2C(N=C3N(c4ccccc4C)C(c4ccccc4)=CN32)N(C)C1=O. The zero-order valence-corrected chi connectivity index (χ0v) is 19.2. The van der Waals surface area contributed by atoms with Gasteiger partial charge < -0.3 is 9.64 Å². The minimum absolute atomic E-state index is 0.172. The van der Waals surface area contributed by atoms with Gasteiger partial charge in [0.1, 0.15) is 6.54 Å². The van der Waals surface area contributed by atoms with Crippen molar-refractivity contribution in [2.75, 3.05) is 25.1 Å². The summed E-state index contributed by atoms with van der Waals surface area (Å²) in [5.41, 5.74) is 3.82. The van der Waals surface area contributed by atoms with Crippen LogP contribution in [0.25, 0.3) is 5.70 Å². The zero-order valence-electron chi connectivity index (χ0n) is 19.2. The van der Waals surface area contributed by atoms with Gasteiger partial charge in [-0.2, -0.15) is 0 Å². The molecule has 0 bridgehead atoms. The molecule has 0 aromatic heterocycles. The molecule has 9 nitrogen and oxygen atoms in total. The minimum atomic E-state index is -0.778. The van der Waals surface area contributed by atoms with Gasteiger partial charge in [-0.15, -0.1) is 0 Å². The molecule has 9 heteroatoms. The second-order valence-corrected chi connectivity index (χ2v) is 8.32. The van der Waals surface area contributed by atoms with E-state index < -0.39 is 36.7 Å². The molecule has 3 aliphatic heterocycles.